The number of pyridine rings is 1. The number of anilines is 1. The van der Waals surface area contributed by atoms with Gasteiger partial charge in [-0.25, -0.2) is 0 Å². The number of aromatic nitrogens is 1. The van der Waals surface area contributed by atoms with Gasteiger partial charge >= 0.3 is 0 Å². The third-order valence-electron chi connectivity index (χ3n) is 6.71. The minimum absolute atomic E-state index is 0.0600. The molecule has 0 aliphatic carbocycles. The van der Waals surface area contributed by atoms with Crippen LogP contribution in [0.15, 0.2) is 64.8 Å². The third kappa shape index (κ3) is 5.53. The molecule has 0 saturated carbocycles. The molecule has 4 aromatic rings. The molecule has 1 fully saturated rings. The molecule has 0 spiro atoms. The summed E-state index contributed by atoms with van der Waals surface area (Å²) in [4.78, 5) is 17.4. The summed E-state index contributed by atoms with van der Waals surface area (Å²) in [7, 11) is 0. The van der Waals surface area contributed by atoms with Gasteiger partial charge in [0, 0.05) is 60.7 Å². The van der Waals surface area contributed by atoms with E-state index in [0.29, 0.717) is 13.2 Å². The van der Waals surface area contributed by atoms with E-state index in [2.05, 4.69) is 39.4 Å². The first-order chi connectivity index (χ1) is 17.2. The average molecular weight is 492 g/mol. The largest absolute Gasteiger partial charge is 0.494 e. The summed E-state index contributed by atoms with van der Waals surface area (Å²) in [6, 6.07) is 18.2. The number of hydrogen-bond donors (Lipinski definition) is 0. The summed E-state index contributed by atoms with van der Waals surface area (Å²) >= 11 is 1.82. The van der Waals surface area contributed by atoms with E-state index >= 15 is 0 Å². The smallest absolute Gasteiger partial charge is 0.252 e. The molecule has 2 aromatic carbocycles. The highest BCUT2D eigenvalue weighted by Gasteiger charge is 2.18. The lowest BCUT2D eigenvalue weighted by Crippen LogP contribution is -2.46. The molecule has 3 heterocycles. The van der Waals surface area contributed by atoms with Crippen molar-refractivity contribution in [3.8, 4) is 5.75 Å². The number of unbranched alkanes of at least 4 members (excludes halogenated alkanes) is 1. The number of hydrogen-bond acceptors (Lipinski definition) is 6. The van der Waals surface area contributed by atoms with Crippen LogP contribution in [0.1, 0.15) is 19.8 Å². The second-order valence-electron chi connectivity index (χ2n) is 8.94. The van der Waals surface area contributed by atoms with Crippen molar-refractivity contribution in [2.45, 2.75) is 26.5 Å². The Bertz CT molecular complexity index is 1320. The Morgan fingerprint density at radius 3 is 2.69 bits per heavy atom. The van der Waals surface area contributed by atoms with Crippen LogP contribution in [0.2, 0.25) is 0 Å². The van der Waals surface area contributed by atoms with Crippen LogP contribution in [0.25, 0.3) is 21.0 Å². The zero-order valence-electron chi connectivity index (χ0n) is 20.3. The van der Waals surface area contributed by atoms with Gasteiger partial charge in [0.15, 0.2) is 0 Å². The lowest BCUT2D eigenvalue weighted by atomic mass is 10.2. The van der Waals surface area contributed by atoms with Gasteiger partial charge in [0.05, 0.1) is 12.1 Å². The standard InChI is InChI=1S/C28H33N3O3S/c1-2-33-21-31-26-20-23(10-8-22(26)9-11-28(31)32)34-18-4-3-13-29-14-16-30(17-15-29)25-6-5-7-27-24(25)12-19-35-27/h5-12,19-20H,2-4,13-18,21H2,1H3. The second-order valence-corrected chi connectivity index (χ2v) is 9.88. The van der Waals surface area contributed by atoms with Crippen LogP contribution >= 0.6 is 11.3 Å². The molecule has 1 saturated heterocycles. The molecule has 2 aromatic heterocycles. The van der Waals surface area contributed by atoms with E-state index in [1.807, 2.05) is 42.5 Å². The number of piperazine rings is 1. The van der Waals surface area contributed by atoms with E-state index in [0.717, 1.165) is 62.2 Å². The summed E-state index contributed by atoms with van der Waals surface area (Å²) in [5, 5.41) is 4.57. The van der Waals surface area contributed by atoms with Crippen LogP contribution in [0.3, 0.4) is 0 Å². The first-order valence-corrected chi connectivity index (χ1v) is 13.4. The molecule has 0 unspecified atom stereocenters. The maximum Gasteiger partial charge on any atom is 0.252 e. The highest BCUT2D eigenvalue weighted by Crippen LogP contribution is 2.31. The van der Waals surface area contributed by atoms with Gasteiger partial charge in [-0.1, -0.05) is 6.07 Å². The normalized spacial score (nSPS) is 14.7. The van der Waals surface area contributed by atoms with Gasteiger partial charge in [0.1, 0.15) is 12.5 Å². The van der Waals surface area contributed by atoms with E-state index in [9.17, 15) is 4.79 Å². The maximum atomic E-state index is 12.3. The van der Waals surface area contributed by atoms with Gasteiger partial charge in [0.25, 0.3) is 5.56 Å². The SMILES string of the molecule is CCOCn1c(=O)ccc2ccc(OCCCCN3CCN(c4cccc5sccc45)CC3)cc21. The third-order valence-corrected chi connectivity index (χ3v) is 7.59. The van der Waals surface area contributed by atoms with Crippen molar-refractivity contribution in [3.63, 3.8) is 0 Å². The zero-order valence-corrected chi connectivity index (χ0v) is 21.1. The van der Waals surface area contributed by atoms with Crippen LogP contribution in [0.4, 0.5) is 5.69 Å². The number of benzene rings is 2. The number of nitrogens with zero attached hydrogens (tertiary/aromatic N) is 3. The molecule has 35 heavy (non-hydrogen) atoms. The first-order valence-electron chi connectivity index (χ1n) is 12.5. The fourth-order valence-corrected chi connectivity index (χ4v) is 5.57. The Kier molecular flexibility index (Phi) is 7.66. The molecule has 7 heteroatoms. The summed E-state index contributed by atoms with van der Waals surface area (Å²) in [5.74, 6) is 0.796. The van der Waals surface area contributed by atoms with Crippen LogP contribution in [-0.2, 0) is 11.5 Å². The topological polar surface area (TPSA) is 46.9 Å². The molecular formula is C28H33N3O3S. The van der Waals surface area contributed by atoms with Gasteiger partial charge in [-0.2, -0.15) is 0 Å². The molecule has 1 aliphatic heterocycles. The molecule has 1 aliphatic rings. The highest BCUT2D eigenvalue weighted by atomic mass is 32.1. The Labute approximate surface area is 210 Å². The van der Waals surface area contributed by atoms with Crippen LogP contribution in [-0.4, -0.2) is 55.4 Å². The van der Waals surface area contributed by atoms with Crippen molar-refractivity contribution in [1.82, 2.24) is 9.47 Å². The maximum absolute atomic E-state index is 12.3. The van der Waals surface area contributed by atoms with Crippen LogP contribution < -0.4 is 15.2 Å². The summed E-state index contributed by atoms with van der Waals surface area (Å²) in [5.41, 5.74) is 2.16. The number of rotatable bonds is 10. The molecule has 0 bridgehead atoms. The lowest BCUT2D eigenvalue weighted by Gasteiger charge is -2.36. The minimum atomic E-state index is -0.0600. The summed E-state index contributed by atoms with van der Waals surface area (Å²) in [6.07, 6.45) is 2.12. The molecule has 0 N–H and O–H groups in total. The molecule has 0 atom stereocenters. The molecule has 0 amide bonds. The molecule has 5 rings (SSSR count). The monoisotopic (exact) mass is 491 g/mol. The van der Waals surface area contributed by atoms with E-state index < -0.39 is 0 Å². The van der Waals surface area contributed by atoms with Crippen molar-refractivity contribution >= 4 is 38.0 Å². The van der Waals surface area contributed by atoms with E-state index in [-0.39, 0.29) is 12.3 Å². The first kappa shape index (κ1) is 23.9. The van der Waals surface area contributed by atoms with Crippen molar-refractivity contribution in [2.24, 2.45) is 0 Å². The number of ether oxygens (including phenoxy) is 2. The van der Waals surface area contributed by atoms with Gasteiger partial charge < -0.3 is 14.4 Å². The molecule has 6 nitrogen and oxygen atoms in total. The number of fused-ring (bicyclic) bond motifs is 2. The quantitative estimate of drug-likeness (QED) is 0.286. The van der Waals surface area contributed by atoms with Crippen LogP contribution in [0, 0.1) is 0 Å². The number of thiophene rings is 1. The highest BCUT2D eigenvalue weighted by molar-refractivity contribution is 7.17. The summed E-state index contributed by atoms with van der Waals surface area (Å²) < 4.78 is 14.5. The minimum Gasteiger partial charge on any atom is -0.494 e. The van der Waals surface area contributed by atoms with E-state index in [1.54, 1.807) is 10.6 Å². The van der Waals surface area contributed by atoms with Crippen LogP contribution in [0.5, 0.6) is 5.75 Å². The summed E-state index contributed by atoms with van der Waals surface area (Å²) in [6.45, 7) is 8.88. The van der Waals surface area contributed by atoms with Crippen molar-refractivity contribution in [1.29, 1.82) is 0 Å². The van der Waals surface area contributed by atoms with Gasteiger partial charge in [-0.05, 0) is 73.5 Å². The fourth-order valence-electron chi connectivity index (χ4n) is 4.77. The predicted octanol–water partition coefficient (Wildman–Crippen LogP) is 5.19. The van der Waals surface area contributed by atoms with E-state index in [4.69, 9.17) is 9.47 Å². The molecular weight excluding hydrogens is 458 g/mol. The molecule has 0 radical (unpaired) electrons. The second kappa shape index (κ2) is 11.2. The Balaban J connectivity index is 1.08. The Morgan fingerprint density at radius 1 is 0.971 bits per heavy atom. The lowest BCUT2D eigenvalue weighted by molar-refractivity contribution is 0.0885. The predicted molar refractivity (Wildman–Crippen MR) is 145 cm³/mol. The Morgan fingerprint density at radius 2 is 1.83 bits per heavy atom. The Hall–Kier alpha value is -2.87. The van der Waals surface area contributed by atoms with Gasteiger partial charge in [-0.3, -0.25) is 14.3 Å². The van der Waals surface area contributed by atoms with Crippen molar-refractivity contribution in [2.75, 3.05) is 50.8 Å². The van der Waals surface area contributed by atoms with E-state index in [1.165, 1.54) is 15.8 Å². The van der Waals surface area contributed by atoms with Gasteiger partial charge in [-0.15, -0.1) is 11.3 Å². The van der Waals surface area contributed by atoms with Crippen molar-refractivity contribution in [3.05, 3.63) is 70.3 Å². The van der Waals surface area contributed by atoms with Crippen molar-refractivity contribution < 1.29 is 9.47 Å². The van der Waals surface area contributed by atoms with Gasteiger partial charge in [0.2, 0.25) is 0 Å². The zero-order chi connectivity index (χ0) is 24.0. The average Bonchev–Trinajstić information content (AvgIpc) is 3.38. The molecule has 184 valence electrons. The fraction of sp³-hybridized carbons (Fsp3) is 0.393.